The predicted molar refractivity (Wildman–Crippen MR) is 94.8 cm³/mol. The number of ether oxygens (including phenoxy) is 1. The maximum Gasteiger partial charge on any atom is 0.224 e. The van der Waals surface area contributed by atoms with Crippen molar-refractivity contribution in [2.75, 3.05) is 25.0 Å². The van der Waals surface area contributed by atoms with E-state index in [2.05, 4.69) is 16.0 Å². The fourth-order valence-corrected chi connectivity index (χ4v) is 2.95. The summed E-state index contributed by atoms with van der Waals surface area (Å²) in [6.07, 6.45) is 3.45. The van der Waals surface area contributed by atoms with Crippen molar-refractivity contribution < 1.29 is 14.3 Å². The van der Waals surface area contributed by atoms with Gasteiger partial charge in [0.05, 0.1) is 6.61 Å². The third kappa shape index (κ3) is 5.11. The van der Waals surface area contributed by atoms with Gasteiger partial charge in [0.25, 0.3) is 0 Å². The van der Waals surface area contributed by atoms with Gasteiger partial charge in [-0.2, -0.15) is 0 Å². The first kappa shape index (κ1) is 18.5. The maximum absolute atomic E-state index is 11.8. The van der Waals surface area contributed by atoms with Gasteiger partial charge in [0.15, 0.2) is 0 Å². The van der Waals surface area contributed by atoms with Crippen LogP contribution in [-0.2, 0) is 16.0 Å². The Kier molecular flexibility index (Phi) is 6.87. The topological polar surface area (TPSA) is 79.5 Å². The van der Waals surface area contributed by atoms with Crippen LogP contribution in [0, 0.1) is 0 Å². The molecule has 0 aromatic heterocycles. The van der Waals surface area contributed by atoms with Gasteiger partial charge < -0.3 is 20.7 Å². The molecule has 0 spiro atoms. The maximum atomic E-state index is 11.8. The van der Waals surface area contributed by atoms with Gasteiger partial charge in [-0.25, -0.2) is 0 Å². The first-order valence-electron chi connectivity index (χ1n) is 8.26. The fraction of sp³-hybridized carbons (Fsp3) is 0.529. The monoisotopic (exact) mass is 353 g/mol. The van der Waals surface area contributed by atoms with Crippen LogP contribution in [0.15, 0.2) is 18.2 Å². The SMILES string of the molecule is Cl.O=C1CCc2cc(OCCCC(=O)NC3CCNC3)ccc2N1. The van der Waals surface area contributed by atoms with E-state index in [1.54, 1.807) is 0 Å². The number of benzene rings is 1. The predicted octanol–water partition coefficient (Wildman–Crippen LogP) is 1.63. The second-order valence-corrected chi connectivity index (χ2v) is 6.08. The van der Waals surface area contributed by atoms with E-state index < -0.39 is 0 Å². The van der Waals surface area contributed by atoms with Crippen molar-refractivity contribution >= 4 is 29.9 Å². The number of hydrogen-bond donors (Lipinski definition) is 3. The molecule has 132 valence electrons. The molecule has 1 aromatic rings. The van der Waals surface area contributed by atoms with Crippen LogP contribution in [0.3, 0.4) is 0 Å². The molecule has 6 nitrogen and oxygen atoms in total. The van der Waals surface area contributed by atoms with Gasteiger partial charge in [0.2, 0.25) is 11.8 Å². The highest BCUT2D eigenvalue weighted by Crippen LogP contribution is 2.26. The van der Waals surface area contributed by atoms with E-state index in [1.165, 1.54) is 0 Å². The van der Waals surface area contributed by atoms with Crippen molar-refractivity contribution in [1.29, 1.82) is 0 Å². The van der Waals surface area contributed by atoms with Crippen LogP contribution in [-0.4, -0.2) is 37.6 Å². The summed E-state index contributed by atoms with van der Waals surface area (Å²) in [6, 6.07) is 5.98. The van der Waals surface area contributed by atoms with Crippen LogP contribution < -0.4 is 20.7 Å². The summed E-state index contributed by atoms with van der Waals surface area (Å²) < 4.78 is 5.71. The second-order valence-electron chi connectivity index (χ2n) is 6.08. The van der Waals surface area contributed by atoms with Crippen LogP contribution in [0.4, 0.5) is 5.69 Å². The lowest BCUT2D eigenvalue weighted by molar-refractivity contribution is -0.122. The number of halogens is 1. The number of nitrogens with one attached hydrogen (secondary N) is 3. The van der Waals surface area contributed by atoms with E-state index in [-0.39, 0.29) is 30.3 Å². The Morgan fingerprint density at radius 3 is 3.00 bits per heavy atom. The van der Waals surface area contributed by atoms with Crippen molar-refractivity contribution in [2.24, 2.45) is 0 Å². The van der Waals surface area contributed by atoms with Gasteiger partial charge in [-0.3, -0.25) is 9.59 Å². The average molecular weight is 354 g/mol. The number of aryl methyl sites for hydroxylation is 1. The van der Waals surface area contributed by atoms with E-state index in [0.717, 1.165) is 42.9 Å². The highest BCUT2D eigenvalue weighted by atomic mass is 35.5. The summed E-state index contributed by atoms with van der Waals surface area (Å²) in [6.45, 7) is 2.36. The van der Waals surface area contributed by atoms with Gasteiger partial charge in [-0.1, -0.05) is 0 Å². The number of fused-ring (bicyclic) bond motifs is 1. The number of anilines is 1. The van der Waals surface area contributed by atoms with Gasteiger partial charge in [-0.05, 0) is 49.6 Å². The summed E-state index contributed by atoms with van der Waals surface area (Å²) in [5, 5.41) is 9.10. The van der Waals surface area contributed by atoms with E-state index in [9.17, 15) is 9.59 Å². The lowest BCUT2D eigenvalue weighted by atomic mass is 10.0. The molecule has 0 bridgehead atoms. The van der Waals surface area contributed by atoms with Crippen molar-refractivity contribution in [2.45, 2.75) is 38.1 Å². The van der Waals surface area contributed by atoms with Crippen molar-refractivity contribution in [1.82, 2.24) is 10.6 Å². The molecule has 0 radical (unpaired) electrons. The van der Waals surface area contributed by atoms with Crippen molar-refractivity contribution in [3.8, 4) is 5.75 Å². The molecular weight excluding hydrogens is 330 g/mol. The number of rotatable bonds is 6. The molecule has 2 amide bonds. The number of amides is 2. The van der Waals surface area contributed by atoms with Crippen molar-refractivity contribution in [3.63, 3.8) is 0 Å². The third-order valence-electron chi connectivity index (χ3n) is 4.21. The molecule has 1 saturated heterocycles. The van der Waals surface area contributed by atoms with Gasteiger partial charge in [0.1, 0.15) is 5.75 Å². The first-order chi connectivity index (χ1) is 11.2. The minimum atomic E-state index is 0. The minimum absolute atomic E-state index is 0. The van der Waals surface area contributed by atoms with E-state index in [4.69, 9.17) is 4.74 Å². The molecule has 2 aliphatic rings. The zero-order valence-corrected chi connectivity index (χ0v) is 14.4. The Hall–Kier alpha value is -1.79. The molecule has 2 heterocycles. The summed E-state index contributed by atoms with van der Waals surface area (Å²) in [7, 11) is 0. The molecular formula is C17H24ClN3O3. The van der Waals surface area contributed by atoms with Crippen LogP contribution in [0.1, 0.15) is 31.2 Å². The molecule has 2 aliphatic heterocycles. The molecule has 0 saturated carbocycles. The molecule has 1 fully saturated rings. The highest BCUT2D eigenvalue weighted by Gasteiger charge is 2.17. The van der Waals surface area contributed by atoms with Gasteiger partial charge in [-0.15, -0.1) is 12.4 Å². The molecule has 3 N–H and O–H groups in total. The Balaban J connectivity index is 0.00000208. The quantitative estimate of drug-likeness (QED) is 0.679. The third-order valence-corrected chi connectivity index (χ3v) is 4.21. The van der Waals surface area contributed by atoms with E-state index in [1.807, 2.05) is 18.2 Å². The first-order valence-corrected chi connectivity index (χ1v) is 8.26. The summed E-state index contributed by atoms with van der Waals surface area (Å²) in [5.74, 6) is 0.949. The smallest absolute Gasteiger partial charge is 0.224 e. The normalized spacial score (nSPS) is 19.0. The number of carbonyl (C=O) groups is 2. The summed E-state index contributed by atoms with van der Waals surface area (Å²) >= 11 is 0. The Morgan fingerprint density at radius 2 is 2.21 bits per heavy atom. The molecule has 24 heavy (non-hydrogen) atoms. The summed E-state index contributed by atoms with van der Waals surface area (Å²) in [4.78, 5) is 23.1. The van der Waals surface area contributed by atoms with Crippen LogP contribution in [0.25, 0.3) is 0 Å². The van der Waals surface area contributed by atoms with Gasteiger partial charge in [0, 0.05) is 31.1 Å². The van der Waals surface area contributed by atoms with Gasteiger partial charge >= 0.3 is 0 Å². The fourth-order valence-electron chi connectivity index (χ4n) is 2.95. The van der Waals surface area contributed by atoms with Crippen LogP contribution in [0.2, 0.25) is 0 Å². The number of carbonyl (C=O) groups excluding carboxylic acids is 2. The van der Waals surface area contributed by atoms with Crippen LogP contribution in [0.5, 0.6) is 5.75 Å². The van der Waals surface area contributed by atoms with E-state index in [0.29, 0.717) is 25.9 Å². The lowest BCUT2D eigenvalue weighted by Crippen LogP contribution is -2.36. The average Bonchev–Trinajstić information content (AvgIpc) is 3.04. The molecule has 1 atom stereocenters. The molecule has 1 unspecified atom stereocenters. The zero-order valence-electron chi connectivity index (χ0n) is 13.6. The Labute approximate surface area is 148 Å². The minimum Gasteiger partial charge on any atom is -0.494 e. The standard InChI is InChI=1S/C17H23N3O3.ClH/c21-16(19-13-7-8-18-11-13)2-1-9-23-14-4-5-15-12(10-14)3-6-17(22)20-15;/h4-5,10,13,18H,1-3,6-9,11H2,(H,19,21)(H,20,22);1H. The zero-order chi connectivity index (χ0) is 16.1. The van der Waals surface area contributed by atoms with Crippen LogP contribution >= 0.6 is 12.4 Å². The molecule has 7 heteroatoms. The van der Waals surface area contributed by atoms with E-state index >= 15 is 0 Å². The Bertz CT molecular complexity index is 588. The molecule has 1 aromatic carbocycles. The summed E-state index contributed by atoms with van der Waals surface area (Å²) in [5.41, 5.74) is 1.98. The number of hydrogen-bond acceptors (Lipinski definition) is 4. The lowest BCUT2D eigenvalue weighted by Gasteiger charge is -2.17. The van der Waals surface area contributed by atoms with Crippen molar-refractivity contribution in [3.05, 3.63) is 23.8 Å². The molecule has 0 aliphatic carbocycles. The highest BCUT2D eigenvalue weighted by molar-refractivity contribution is 5.94. The largest absolute Gasteiger partial charge is 0.494 e. The molecule has 3 rings (SSSR count). The Morgan fingerprint density at radius 1 is 1.33 bits per heavy atom. The second kappa shape index (κ2) is 8.89.